The molecule has 3 N–H and O–H groups in total. The Bertz CT molecular complexity index is 474. The summed E-state index contributed by atoms with van der Waals surface area (Å²) in [5, 5.41) is 7.38. The van der Waals surface area contributed by atoms with Crippen molar-refractivity contribution >= 4 is 17.4 Å². The smallest absolute Gasteiger partial charge is 0.216 e. The summed E-state index contributed by atoms with van der Waals surface area (Å²) in [5.74, 6) is 1.66. The van der Waals surface area contributed by atoms with Crippen LogP contribution in [0.2, 0.25) is 0 Å². The molecule has 1 aromatic heterocycles. The van der Waals surface area contributed by atoms with Crippen molar-refractivity contribution in [2.75, 3.05) is 30.3 Å². The number of rotatable bonds is 4. The highest BCUT2D eigenvalue weighted by Crippen LogP contribution is 2.30. The van der Waals surface area contributed by atoms with Gasteiger partial charge in [0.05, 0.1) is 11.4 Å². The van der Waals surface area contributed by atoms with E-state index in [4.69, 9.17) is 5.73 Å². The first-order valence-electron chi connectivity index (χ1n) is 7.33. The number of anilines is 2. The molecule has 20 heavy (non-hydrogen) atoms. The molecule has 0 spiro atoms. The molecule has 2 heterocycles. The Kier molecular flexibility index (Phi) is 4.52. The van der Waals surface area contributed by atoms with Gasteiger partial charge in [0.2, 0.25) is 5.91 Å². The zero-order valence-corrected chi connectivity index (χ0v) is 12.6. The van der Waals surface area contributed by atoms with E-state index in [0.717, 1.165) is 56.1 Å². The summed E-state index contributed by atoms with van der Waals surface area (Å²) in [5.41, 5.74) is 7.99. The third kappa shape index (κ3) is 3.05. The molecule has 0 aliphatic carbocycles. The minimum atomic E-state index is 0.0518. The maximum absolute atomic E-state index is 10.9. The minimum absolute atomic E-state index is 0.0518. The SMILES string of the molecule is CCc1nn(C)c(N2CCC(CNC(C)=O)CC2)c1N. The van der Waals surface area contributed by atoms with Gasteiger partial charge in [-0.25, -0.2) is 0 Å². The van der Waals surface area contributed by atoms with Crippen molar-refractivity contribution in [3.05, 3.63) is 5.69 Å². The Morgan fingerprint density at radius 3 is 2.60 bits per heavy atom. The van der Waals surface area contributed by atoms with Gasteiger partial charge in [-0.3, -0.25) is 9.48 Å². The van der Waals surface area contributed by atoms with Crippen LogP contribution < -0.4 is 16.0 Å². The minimum Gasteiger partial charge on any atom is -0.394 e. The van der Waals surface area contributed by atoms with E-state index in [0.29, 0.717) is 5.92 Å². The number of aryl methyl sites for hydroxylation is 2. The molecule has 0 atom stereocenters. The fourth-order valence-corrected chi connectivity index (χ4v) is 2.86. The molecule has 6 heteroatoms. The zero-order chi connectivity index (χ0) is 14.7. The average molecular weight is 279 g/mol. The molecular formula is C14H25N5O. The van der Waals surface area contributed by atoms with Crippen molar-refractivity contribution < 1.29 is 4.79 Å². The summed E-state index contributed by atoms with van der Waals surface area (Å²) >= 11 is 0. The number of carbonyl (C=O) groups excluding carboxylic acids is 1. The molecule has 0 bridgehead atoms. The lowest BCUT2D eigenvalue weighted by Crippen LogP contribution is -2.39. The summed E-state index contributed by atoms with van der Waals surface area (Å²) in [4.78, 5) is 13.3. The number of nitrogens with two attached hydrogens (primary N) is 1. The van der Waals surface area contributed by atoms with Crippen molar-refractivity contribution in [2.24, 2.45) is 13.0 Å². The van der Waals surface area contributed by atoms with E-state index in [9.17, 15) is 4.79 Å². The lowest BCUT2D eigenvalue weighted by atomic mass is 9.96. The lowest BCUT2D eigenvalue weighted by molar-refractivity contribution is -0.119. The van der Waals surface area contributed by atoms with E-state index in [2.05, 4.69) is 22.2 Å². The highest BCUT2D eigenvalue weighted by molar-refractivity contribution is 5.72. The average Bonchev–Trinajstić information content (AvgIpc) is 2.72. The topological polar surface area (TPSA) is 76.2 Å². The van der Waals surface area contributed by atoms with Crippen molar-refractivity contribution in [1.29, 1.82) is 0 Å². The highest BCUT2D eigenvalue weighted by atomic mass is 16.1. The van der Waals surface area contributed by atoms with Gasteiger partial charge >= 0.3 is 0 Å². The Morgan fingerprint density at radius 1 is 1.45 bits per heavy atom. The van der Waals surface area contributed by atoms with Crippen LogP contribution in [0.15, 0.2) is 0 Å². The van der Waals surface area contributed by atoms with Crippen molar-refractivity contribution in [3.63, 3.8) is 0 Å². The Labute approximate surface area is 120 Å². The Hall–Kier alpha value is -1.72. The summed E-state index contributed by atoms with van der Waals surface area (Å²) in [7, 11) is 1.95. The van der Waals surface area contributed by atoms with Crippen LogP contribution in [0.1, 0.15) is 32.4 Å². The summed E-state index contributed by atoms with van der Waals surface area (Å²) in [6.45, 7) is 6.36. The molecule has 2 rings (SSSR count). The predicted octanol–water partition coefficient (Wildman–Crippen LogP) is 0.917. The summed E-state index contributed by atoms with van der Waals surface area (Å²) in [6, 6.07) is 0. The number of piperidine rings is 1. The molecule has 1 aliphatic rings. The first-order chi connectivity index (χ1) is 9.52. The third-order valence-electron chi connectivity index (χ3n) is 4.02. The molecule has 1 saturated heterocycles. The van der Waals surface area contributed by atoms with Crippen LogP contribution in [0.3, 0.4) is 0 Å². The number of nitrogen functional groups attached to an aromatic ring is 1. The molecule has 0 unspecified atom stereocenters. The fraction of sp³-hybridized carbons (Fsp3) is 0.714. The van der Waals surface area contributed by atoms with Crippen molar-refractivity contribution in [2.45, 2.75) is 33.1 Å². The van der Waals surface area contributed by atoms with Gasteiger partial charge in [0.1, 0.15) is 5.82 Å². The number of carbonyl (C=O) groups is 1. The molecule has 1 aliphatic heterocycles. The van der Waals surface area contributed by atoms with E-state index in [1.54, 1.807) is 6.92 Å². The zero-order valence-electron chi connectivity index (χ0n) is 12.6. The van der Waals surface area contributed by atoms with Crippen molar-refractivity contribution in [1.82, 2.24) is 15.1 Å². The van der Waals surface area contributed by atoms with E-state index in [1.807, 2.05) is 11.7 Å². The molecule has 6 nitrogen and oxygen atoms in total. The normalized spacial score (nSPS) is 16.4. The maximum Gasteiger partial charge on any atom is 0.216 e. The van der Waals surface area contributed by atoms with Gasteiger partial charge in [-0.15, -0.1) is 0 Å². The number of aromatic nitrogens is 2. The van der Waals surface area contributed by atoms with E-state index < -0.39 is 0 Å². The molecule has 112 valence electrons. The molecule has 0 saturated carbocycles. The third-order valence-corrected chi connectivity index (χ3v) is 4.02. The van der Waals surface area contributed by atoms with Crippen LogP contribution in [0.4, 0.5) is 11.5 Å². The fourth-order valence-electron chi connectivity index (χ4n) is 2.86. The first-order valence-corrected chi connectivity index (χ1v) is 7.33. The Balaban J connectivity index is 1.97. The standard InChI is InChI=1S/C14H25N5O/c1-4-12-13(15)14(18(3)17-12)19-7-5-11(6-8-19)9-16-10(2)20/h11H,4-9,15H2,1-3H3,(H,16,20). The largest absolute Gasteiger partial charge is 0.394 e. The van der Waals surface area contributed by atoms with Gasteiger partial charge in [-0.2, -0.15) is 5.10 Å². The Morgan fingerprint density at radius 2 is 2.10 bits per heavy atom. The van der Waals surface area contributed by atoms with Crippen LogP contribution in [0.5, 0.6) is 0 Å². The van der Waals surface area contributed by atoms with Crippen LogP contribution in [-0.4, -0.2) is 35.3 Å². The maximum atomic E-state index is 10.9. The monoisotopic (exact) mass is 279 g/mol. The van der Waals surface area contributed by atoms with Crippen LogP contribution in [0, 0.1) is 5.92 Å². The molecule has 1 amide bonds. The van der Waals surface area contributed by atoms with Gasteiger partial charge in [0, 0.05) is 33.6 Å². The van der Waals surface area contributed by atoms with Gasteiger partial charge in [0.25, 0.3) is 0 Å². The number of amides is 1. The number of hydrogen-bond donors (Lipinski definition) is 2. The lowest BCUT2D eigenvalue weighted by Gasteiger charge is -2.33. The number of nitrogens with zero attached hydrogens (tertiary/aromatic N) is 3. The molecular weight excluding hydrogens is 254 g/mol. The van der Waals surface area contributed by atoms with E-state index >= 15 is 0 Å². The first kappa shape index (κ1) is 14.7. The highest BCUT2D eigenvalue weighted by Gasteiger charge is 2.24. The van der Waals surface area contributed by atoms with Crippen LogP contribution in [0.25, 0.3) is 0 Å². The van der Waals surface area contributed by atoms with Gasteiger partial charge in [-0.05, 0) is 25.2 Å². The quantitative estimate of drug-likeness (QED) is 0.859. The molecule has 1 aromatic rings. The second-order valence-corrected chi connectivity index (χ2v) is 5.53. The second kappa shape index (κ2) is 6.15. The predicted molar refractivity (Wildman–Crippen MR) is 80.6 cm³/mol. The molecule has 0 aromatic carbocycles. The van der Waals surface area contributed by atoms with Gasteiger partial charge < -0.3 is 16.0 Å². The van der Waals surface area contributed by atoms with Crippen LogP contribution >= 0.6 is 0 Å². The van der Waals surface area contributed by atoms with Gasteiger partial charge in [0.15, 0.2) is 0 Å². The van der Waals surface area contributed by atoms with Crippen molar-refractivity contribution in [3.8, 4) is 0 Å². The van der Waals surface area contributed by atoms with Gasteiger partial charge in [-0.1, -0.05) is 6.92 Å². The van der Waals surface area contributed by atoms with E-state index in [-0.39, 0.29) is 5.91 Å². The number of hydrogen-bond acceptors (Lipinski definition) is 4. The van der Waals surface area contributed by atoms with Crippen LogP contribution in [-0.2, 0) is 18.3 Å². The summed E-state index contributed by atoms with van der Waals surface area (Å²) in [6.07, 6.45) is 3.01. The number of nitrogens with one attached hydrogen (secondary N) is 1. The van der Waals surface area contributed by atoms with E-state index in [1.165, 1.54) is 0 Å². The second-order valence-electron chi connectivity index (χ2n) is 5.53. The molecule has 0 radical (unpaired) electrons. The summed E-state index contributed by atoms with van der Waals surface area (Å²) < 4.78 is 1.89. The molecule has 1 fully saturated rings.